The van der Waals surface area contributed by atoms with Gasteiger partial charge in [-0.3, -0.25) is 0 Å². The van der Waals surface area contributed by atoms with Crippen molar-refractivity contribution >= 4 is 0 Å². The molecule has 0 aliphatic heterocycles. The summed E-state index contributed by atoms with van der Waals surface area (Å²) < 4.78 is 0. The van der Waals surface area contributed by atoms with E-state index in [2.05, 4.69) is 56.8 Å². The monoisotopic (exact) mass is 266 g/mol. The molecule has 1 aromatic carbocycles. The molecule has 2 rings (SSSR count). The van der Waals surface area contributed by atoms with E-state index in [1.165, 1.54) is 41.5 Å². The number of allylic oxidation sites excluding steroid dienone is 5. The predicted molar refractivity (Wildman–Crippen MR) is 89.1 cm³/mol. The van der Waals surface area contributed by atoms with Crippen LogP contribution in [0.3, 0.4) is 0 Å². The minimum Gasteiger partial charge on any atom is -0.0988 e. The van der Waals surface area contributed by atoms with Gasteiger partial charge < -0.3 is 0 Å². The highest BCUT2D eigenvalue weighted by molar-refractivity contribution is 5.42. The summed E-state index contributed by atoms with van der Waals surface area (Å²) in [7, 11) is 0. The lowest BCUT2D eigenvalue weighted by Gasteiger charge is -2.26. The maximum atomic E-state index is 4.04. The summed E-state index contributed by atoms with van der Waals surface area (Å²) in [6, 6.07) is 8.89. The third-order valence-electron chi connectivity index (χ3n) is 4.43. The molecule has 106 valence electrons. The van der Waals surface area contributed by atoms with Crippen LogP contribution in [0.4, 0.5) is 0 Å². The molecule has 0 spiro atoms. The van der Waals surface area contributed by atoms with E-state index in [1.54, 1.807) is 0 Å². The first-order valence-corrected chi connectivity index (χ1v) is 7.90. The Bertz CT molecular complexity index is 511. The Morgan fingerprint density at radius 3 is 2.65 bits per heavy atom. The molecule has 1 aliphatic carbocycles. The zero-order valence-corrected chi connectivity index (χ0v) is 12.9. The fraction of sp³-hybridized carbons (Fsp3) is 0.400. The SMILES string of the molecule is C=C/C(=C\C=C(CC)CC)[C@@H]1CCCc2ccccc21. The average Bonchev–Trinajstić information content (AvgIpc) is 2.51. The highest BCUT2D eigenvalue weighted by Crippen LogP contribution is 2.37. The van der Waals surface area contributed by atoms with Crippen molar-refractivity contribution in [2.75, 3.05) is 0 Å². The predicted octanol–water partition coefficient (Wildman–Crippen LogP) is 5.97. The van der Waals surface area contributed by atoms with Gasteiger partial charge in [-0.25, -0.2) is 0 Å². The van der Waals surface area contributed by atoms with Crippen molar-refractivity contribution in [3.63, 3.8) is 0 Å². The average molecular weight is 266 g/mol. The summed E-state index contributed by atoms with van der Waals surface area (Å²) in [4.78, 5) is 0. The molecule has 1 aromatic rings. The summed E-state index contributed by atoms with van der Waals surface area (Å²) in [6.45, 7) is 8.50. The molecule has 0 heterocycles. The third kappa shape index (κ3) is 3.30. The molecule has 0 amide bonds. The first kappa shape index (κ1) is 14.8. The molecule has 1 atom stereocenters. The van der Waals surface area contributed by atoms with Crippen molar-refractivity contribution in [2.45, 2.75) is 51.9 Å². The number of fused-ring (bicyclic) bond motifs is 1. The minimum absolute atomic E-state index is 0.531. The van der Waals surface area contributed by atoms with Gasteiger partial charge in [-0.15, -0.1) is 0 Å². The molecule has 0 unspecified atom stereocenters. The van der Waals surface area contributed by atoms with Crippen LogP contribution in [0.5, 0.6) is 0 Å². The summed E-state index contributed by atoms with van der Waals surface area (Å²) in [5.74, 6) is 0.531. The molecule has 0 aromatic heterocycles. The van der Waals surface area contributed by atoms with E-state index in [9.17, 15) is 0 Å². The molecule has 0 nitrogen and oxygen atoms in total. The van der Waals surface area contributed by atoms with E-state index in [0.717, 1.165) is 12.8 Å². The maximum absolute atomic E-state index is 4.04. The van der Waals surface area contributed by atoms with E-state index < -0.39 is 0 Å². The van der Waals surface area contributed by atoms with Gasteiger partial charge in [0, 0.05) is 5.92 Å². The molecule has 20 heavy (non-hydrogen) atoms. The van der Waals surface area contributed by atoms with Crippen molar-refractivity contribution in [3.8, 4) is 0 Å². The van der Waals surface area contributed by atoms with E-state index in [1.807, 2.05) is 6.08 Å². The van der Waals surface area contributed by atoms with Gasteiger partial charge in [-0.05, 0) is 48.8 Å². The maximum Gasteiger partial charge on any atom is 0.00919 e. The summed E-state index contributed by atoms with van der Waals surface area (Å²) in [5.41, 5.74) is 5.91. The van der Waals surface area contributed by atoms with Crippen LogP contribution in [0.15, 0.2) is 60.2 Å². The van der Waals surface area contributed by atoms with Crippen LogP contribution in [-0.2, 0) is 6.42 Å². The Balaban J connectivity index is 2.32. The third-order valence-corrected chi connectivity index (χ3v) is 4.43. The molecular formula is C20H26. The number of aryl methyl sites for hydroxylation is 1. The second-order valence-corrected chi connectivity index (χ2v) is 5.55. The first-order chi connectivity index (χ1) is 9.80. The highest BCUT2D eigenvalue weighted by Gasteiger charge is 2.21. The van der Waals surface area contributed by atoms with Gasteiger partial charge in [-0.1, -0.05) is 68.5 Å². The van der Waals surface area contributed by atoms with Gasteiger partial charge in [0.05, 0.1) is 0 Å². The van der Waals surface area contributed by atoms with Crippen molar-refractivity contribution in [3.05, 3.63) is 71.3 Å². The fourth-order valence-electron chi connectivity index (χ4n) is 3.13. The van der Waals surface area contributed by atoms with Crippen molar-refractivity contribution in [1.29, 1.82) is 0 Å². The number of rotatable bonds is 5. The number of hydrogen-bond acceptors (Lipinski definition) is 0. The second-order valence-electron chi connectivity index (χ2n) is 5.55. The standard InChI is InChI=1S/C20H26/c1-4-16(5-2)14-15-17(6-3)19-13-9-11-18-10-7-8-12-20(18)19/h6-8,10,12,14-15,19H,3-5,9,11,13H2,1-2H3/b17-15+/t19-/m0/s1. The van der Waals surface area contributed by atoms with Gasteiger partial charge in [0.15, 0.2) is 0 Å². The first-order valence-electron chi connectivity index (χ1n) is 7.90. The van der Waals surface area contributed by atoms with Gasteiger partial charge in [0.25, 0.3) is 0 Å². The Labute approximate surface area is 123 Å². The van der Waals surface area contributed by atoms with E-state index in [4.69, 9.17) is 0 Å². The summed E-state index contributed by atoms with van der Waals surface area (Å²) >= 11 is 0. The van der Waals surface area contributed by atoms with Crippen LogP contribution in [0.1, 0.15) is 56.6 Å². The minimum atomic E-state index is 0.531. The van der Waals surface area contributed by atoms with Crippen LogP contribution < -0.4 is 0 Å². The Hall–Kier alpha value is -1.56. The van der Waals surface area contributed by atoms with Crippen molar-refractivity contribution in [2.24, 2.45) is 0 Å². The van der Waals surface area contributed by atoms with Crippen LogP contribution in [0.25, 0.3) is 0 Å². The van der Waals surface area contributed by atoms with Crippen LogP contribution in [0, 0.1) is 0 Å². The lowest BCUT2D eigenvalue weighted by Crippen LogP contribution is -2.11. The zero-order valence-electron chi connectivity index (χ0n) is 12.9. The molecule has 0 fully saturated rings. The Kier molecular flexibility index (Phi) is 5.40. The quantitative estimate of drug-likeness (QED) is 0.576. The van der Waals surface area contributed by atoms with Crippen molar-refractivity contribution < 1.29 is 0 Å². The van der Waals surface area contributed by atoms with Gasteiger partial charge in [-0.2, -0.15) is 0 Å². The Morgan fingerprint density at radius 1 is 1.20 bits per heavy atom. The van der Waals surface area contributed by atoms with Crippen molar-refractivity contribution in [1.82, 2.24) is 0 Å². The summed E-state index contributed by atoms with van der Waals surface area (Å²) in [5, 5.41) is 0. The number of hydrogen-bond donors (Lipinski definition) is 0. The molecular weight excluding hydrogens is 240 g/mol. The lowest BCUT2D eigenvalue weighted by molar-refractivity contribution is 0.615. The van der Waals surface area contributed by atoms with E-state index in [-0.39, 0.29) is 0 Å². The van der Waals surface area contributed by atoms with Crippen LogP contribution in [0.2, 0.25) is 0 Å². The largest absolute Gasteiger partial charge is 0.0988 e. The molecule has 0 bridgehead atoms. The van der Waals surface area contributed by atoms with Crippen LogP contribution in [-0.4, -0.2) is 0 Å². The molecule has 0 radical (unpaired) electrons. The van der Waals surface area contributed by atoms with Gasteiger partial charge in [0.2, 0.25) is 0 Å². The highest BCUT2D eigenvalue weighted by atomic mass is 14.3. The number of benzene rings is 1. The zero-order chi connectivity index (χ0) is 14.4. The normalized spacial score (nSPS) is 18.3. The molecule has 0 heteroatoms. The molecule has 1 aliphatic rings. The second kappa shape index (κ2) is 7.28. The lowest BCUT2D eigenvalue weighted by atomic mass is 9.78. The molecule has 0 saturated carbocycles. The smallest absolute Gasteiger partial charge is 0.00919 e. The van der Waals surface area contributed by atoms with E-state index in [0.29, 0.717) is 5.92 Å². The van der Waals surface area contributed by atoms with E-state index >= 15 is 0 Å². The summed E-state index contributed by atoms with van der Waals surface area (Å²) in [6.07, 6.45) is 12.7. The van der Waals surface area contributed by atoms with Crippen LogP contribution >= 0.6 is 0 Å². The topological polar surface area (TPSA) is 0 Å². The Morgan fingerprint density at radius 2 is 1.95 bits per heavy atom. The molecule has 0 N–H and O–H groups in total. The fourth-order valence-corrected chi connectivity index (χ4v) is 3.13. The van der Waals surface area contributed by atoms with Gasteiger partial charge >= 0.3 is 0 Å². The molecule has 0 saturated heterocycles. The van der Waals surface area contributed by atoms with Gasteiger partial charge in [0.1, 0.15) is 0 Å².